The monoisotopic (exact) mass is 575 g/mol. The van der Waals surface area contributed by atoms with Crippen molar-refractivity contribution >= 4 is 29.0 Å². The number of amides is 1. The number of aryl methyl sites for hydroxylation is 4. The number of benzene rings is 2. The average Bonchev–Trinajstić information content (AvgIpc) is 3.28. The van der Waals surface area contributed by atoms with E-state index in [9.17, 15) is 22.8 Å². The first-order valence-electron chi connectivity index (χ1n) is 13.9. The molecule has 0 radical (unpaired) electrons. The quantitative estimate of drug-likeness (QED) is 0.197. The zero-order chi connectivity index (χ0) is 29.9. The van der Waals surface area contributed by atoms with E-state index in [-0.39, 0.29) is 17.3 Å². The number of alkyl halides is 3. The van der Waals surface area contributed by atoms with Gasteiger partial charge in [0.1, 0.15) is 11.6 Å². The first kappa shape index (κ1) is 29.0. The summed E-state index contributed by atoms with van der Waals surface area (Å²) in [6, 6.07) is 13.7. The summed E-state index contributed by atoms with van der Waals surface area (Å²) in [5.74, 6) is 0.979. The molecule has 1 atom stereocenters. The number of ketones is 1. The summed E-state index contributed by atoms with van der Waals surface area (Å²) in [7, 11) is 0. The zero-order valence-corrected chi connectivity index (χ0v) is 23.4. The molecule has 218 valence electrons. The van der Waals surface area contributed by atoms with Gasteiger partial charge in [0.15, 0.2) is 5.82 Å². The predicted molar refractivity (Wildman–Crippen MR) is 155 cm³/mol. The van der Waals surface area contributed by atoms with Crippen LogP contribution in [0.15, 0.2) is 60.8 Å². The van der Waals surface area contributed by atoms with Gasteiger partial charge >= 0.3 is 6.18 Å². The van der Waals surface area contributed by atoms with Crippen molar-refractivity contribution in [3.05, 3.63) is 99.9 Å². The van der Waals surface area contributed by atoms with Crippen molar-refractivity contribution in [2.45, 2.75) is 58.5 Å². The summed E-state index contributed by atoms with van der Waals surface area (Å²) in [5, 5.41) is 13.4. The van der Waals surface area contributed by atoms with Crippen molar-refractivity contribution in [3.8, 4) is 0 Å². The van der Waals surface area contributed by atoms with Gasteiger partial charge in [-0.2, -0.15) is 18.3 Å². The number of Topliss-reactive ketones (excluding diaryl/α,β-unsaturated/α-hetero) is 1. The van der Waals surface area contributed by atoms with Crippen LogP contribution in [0.2, 0.25) is 0 Å². The second-order valence-corrected chi connectivity index (χ2v) is 10.8. The van der Waals surface area contributed by atoms with Gasteiger partial charge < -0.3 is 10.6 Å². The van der Waals surface area contributed by atoms with Crippen LogP contribution in [0.1, 0.15) is 63.6 Å². The number of nitrogens with zero attached hydrogens (tertiary/aromatic N) is 2. The van der Waals surface area contributed by atoms with Crippen LogP contribution in [0.3, 0.4) is 0 Å². The number of carbonyl (C=O) groups excluding carboxylic acids is 2. The fraction of sp³-hybridized carbons (Fsp3) is 0.312. The van der Waals surface area contributed by atoms with E-state index in [1.54, 1.807) is 13.0 Å². The van der Waals surface area contributed by atoms with Gasteiger partial charge in [0.2, 0.25) is 0 Å². The summed E-state index contributed by atoms with van der Waals surface area (Å²) >= 11 is 0. The maximum Gasteiger partial charge on any atom is 0.416 e. The molecule has 0 saturated carbocycles. The van der Waals surface area contributed by atoms with Gasteiger partial charge in [-0.05, 0) is 111 Å². The number of nitrogens with one attached hydrogen (secondary N) is 3. The van der Waals surface area contributed by atoms with Gasteiger partial charge in [0, 0.05) is 35.1 Å². The normalized spacial score (nSPS) is 15.0. The molecule has 0 spiro atoms. The molecule has 0 bridgehead atoms. The van der Waals surface area contributed by atoms with Gasteiger partial charge in [-0.15, -0.1) is 0 Å². The Balaban J connectivity index is 1.21. The summed E-state index contributed by atoms with van der Waals surface area (Å²) < 4.78 is 39.1. The minimum Gasteiger partial charge on any atom is -0.323 e. The summed E-state index contributed by atoms with van der Waals surface area (Å²) in [6.45, 7) is 3.63. The number of anilines is 3. The summed E-state index contributed by atoms with van der Waals surface area (Å²) in [5.41, 5.74) is 4.84. The maximum atomic E-state index is 13.0. The Morgan fingerprint density at radius 2 is 1.86 bits per heavy atom. The van der Waals surface area contributed by atoms with E-state index >= 15 is 0 Å². The molecule has 3 N–H and O–H groups in total. The minimum absolute atomic E-state index is 0.0503. The van der Waals surface area contributed by atoms with E-state index in [1.807, 2.05) is 37.4 Å². The van der Waals surface area contributed by atoms with E-state index in [1.165, 1.54) is 17.7 Å². The largest absolute Gasteiger partial charge is 0.416 e. The Labute approximate surface area is 242 Å². The second kappa shape index (κ2) is 12.2. The summed E-state index contributed by atoms with van der Waals surface area (Å²) in [6.07, 6.45) is 2.21. The van der Waals surface area contributed by atoms with Gasteiger partial charge in [0.05, 0.1) is 5.56 Å². The Morgan fingerprint density at radius 1 is 1.02 bits per heavy atom. The molecule has 2 aromatic heterocycles. The Bertz CT molecular complexity index is 1610. The fourth-order valence-corrected chi connectivity index (χ4v) is 5.28. The van der Waals surface area contributed by atoms with Crippen molar-refractivity contribution in [1.29, 1.82) is 0 Å². The molecular formula is C32H32F3N5O2. The number of hydrogen-bond acceptors (Lipinski definition) is 5. The molecule has 5 rings (SSSR count). The van der Waals surface area contributed by atoms with E-state index in [2.05, 4.69) is 25.8 Å². The Kier molecular flexibility index (Phi) is 8.42. The molecule has 1 aliphatic carbocycles. The van der Waals surface area contributed by atoms with Crippen LogP contribution >= 0.6 is 0 Å². The highest BCUT2D eigenvalue weighted by Gasteiger charge is 2.31. The molecular weight excluding hydrogens is 543 g/mol. The topological polar surface area (TPSA) is 99.8 Å². The molecule has 42 heavy (non-hydrogen) atoms. The third-order valence-electron chi connectivity index (χ3n) is 7.73. The summed E-state index contributed by atoms with van der Waals surface area (Å²) in [4.78, 5) is 29.2. The van der Waals surface area contributed by atoms with Crippen LogP contribution in [0.5, 0.6) is 0 Å². The Morgan fingerprint density at radius 3 is 2.64 bits per heavy atom. The molecule has 1 amide bonds. The number of H-pyrrole nitrogens is 1. The minimum atomic E-state index is -4.52. The maximum absolute atomic E-state index is 13.0. The third-order valence-corrected chi connectivity index (χ3v) is 7.73. The van der Waals surface area contributed by atoms with Crippen molar-refractivity contribution in [2.75, 3.05) is 10.6 Å². The molecule has 10 heteroatoms. The average molecular weight is 576 g/mol. The first-order valence-corrected chi connectivity index (χ1v) is 13.9. The molecule has 0 aliphatic heterocycles. The molecule has 2 aromatic carbocycles. The van der Waals surface area contributed by atoms with Crippen LogP contribution in [0.25, 0.3) is 0 Å². The standard InChI is InChI=1S/C32H32F3N5O2/c1-19-9-11-27(37-31(42)23-6-4-8-26(14-23)32(33,34)35)15-21(19)10-12-28-17-30(40-39-28)38-29-16-25-13-22(20(2)41)5-3-7-24(25)18-36-29/h4,6,8-9,11,14-18,22H,3,5,7,10,12-13H2,1-2H3,(H,37,42)(H2,36,38,39,40). The lowest BCUT2D eigenvalue weighted by molar-refractivity contribution is -0.137. The van der Waals surface area contributed by atoms with E-state index in [0.717, 1.165) is 60.2 Å². The third kappa shape index (κ3) is 7.05. The number of carbonyl (C=O) groups is 2. The van der Waals surface area contributed by atoms with Crippen LogP contribution in [-0.2, 0) is 36.7 Å². The van der Waals surface area contributed by atoms with Crippen molar-refractivity contribution in [1.82, 2.24) is 15.2 Å². The van der Waals surface area contributed by atoms with Crippen LogP contribution < -0.4 is 10.6 Å². The number of fused-ring (bicyclic) bond motifs is 1. The molecule has 7 nitrogen and oxygen atoms in total. The van der Waals surface area contributed by atoms with Crippen molar-refractivity contribution < 1.29 is 22.8 Å². The van der Waals surface area contributed by atoms with Gasteiger partial charge in [0.25, 0.3) is 5.91 Å². The lowest BCUT2D eigenvalue weighted by Gasteiger charge is -2.12. The fourth-order valence-electron chi connectivity index (χ4n) is 5.28. The van der Waals surface area contributed by atoms with Crippen LogP contribution in [-0.4, -0.2) is 26.9 Å². The number of rotatable bonds is 8. The number of hydrogen-bond donors (Lipinski definition) is 3. The molecule has 4 aromatic rings. The predicted octanol–water partition coefficient (Wildman–Crippen LogP) is 7.00. The highest BCUT2D eigenvalue weighted by atomic mass is 19.4. The van der Waals surface area contributed by atoms with Crippen molar-refractivity contribution in [2.24, 2.45) is 5.92 Å². The number of aromatic amines is 1. The number of pyridine rings is 1. The lowest BCUT2D eigenvalue weighted by atomic mass is 9.94. The van der Waals surface area contributed by atoms with E-state index in [4.69, 9.17) is 0 Å². The molecule has 2 heterocycles. The Hall–Kier alpha value is -4.47. The van der Waals surface area contributed by atoms with Crippen LogP contribution in [0, 0.1) is 12.8 Å². The van der Waals surface area contributed by atoms with Crippen molar-refractivity contribution in [3.63, 3.8) is 0 Å². The number of halogens is 3. The van der Waals surface area contributed by atoms with E-state index < -0.39 is 17.6 Å². The van der Waals surface area contributed by atoms with E-state index in [0.29, 0.717) is 30.2 Å². The van der Waals surface area contributed by atoms with Crippen LogP contribution in [0.4, 0.5) is 30.5 Å². The van der Waals surface area contributed by atoms with Gasteiger partial charge in [-0.25, -0.2) is 4.98 Å². The SMILES string of the molecule is CC(=O)C1CCCc2cnc(Nc3cc(CCc4cc(NC(=O)c5cccc(C(F)(F)F)c5)ccc4C)[nH]n3)cc2C1. The lowest BCUT2D eigenvalue weighted by Crippen LogP contribution is -2.14. The highest BCUT2D eigenvalue weighted by molar-refractivity contribution is 6.04. The molecule has 1 unspecified atom stereocenters. The highest BCUT2D eigenvalue weighted by Crippen LogP contribution is 2.30. The molecule has 1 aliphatic rings. The first-order chi connectivity index (χ1) is 20.0. The van der Waals surface area contributed by atoms with Gasteiger partial charge in [-0.1, -0.05) is 12.1 Å². The second-order valence-electron chi connectivity index (χ2n) is 10.8. The molecule has 0 fully saturated rings. The zero-order valence-electron chi connectivity index (χ0n) is 23.4. The number of aromatic nitrogens is 3. The molecule has 0 saturated heterocycles. The smallest absolute Gasteiger partial charge is 0.323 e. The van der Waals surface area contributed by atoms with Gasteiger partial charge in [-0.3, -0.25) is 14.7 Å².